The Morgan fingerprint density at radius 3 is 2.53 bits per heavy atom. The summed E-state index contributed by atoms with van der Waals surface area (Å²) >= 11 is 0. The van der Waals surface area contributed by atoms with E-state index in [4.69, 9.17) is 4.74 Å². The van der Waals surface area contributed by atoms with Gasteiger partial charge in [-0.05, 0) is 6.92 Å². The lowest BCUT2D eigenvalue weighted by Gasteiger charge is -2.05. The number of nitro benzene ring substituents is 1. The molecule has 15 heavy (non-hydrogen) atoms. The van der Waals surface area contributed by atoms with E-state index in [2.05, 4.69) is 0 Å². The molecule has 0 unspecified atom stereocenters. The van der Waals surface area contributed by atoms with E-state index in [1.165, 1.54) is 14.0 Å². The standard InChI is InChI=1S/C9H8FNO4/c1-5(12)6-3-8(11(13)14)7(10)4-9(6)15-2/h3-4H,1-2H3. The Balaban J connectivity index is 3.43. The van der Waals surface area contributed by atoms with Crippen LogP contribution in [0.15, 0.2) is 12.1 Å². The molecule has 1 aromatic carbocycles. The normalized spacial score (nSPS) is 9.80. The third kappa shape index (κ3) is 2.09. The summed E-state index contributed by atoms with van der Waals surface area (Å²) in [6.07, 6.45) is 0. The maximum absolute atomic E-state index is 13.1. The lowest BCUT2D eigenvalue weighted by molar-refractivity contribution is -0.387. The van der Waals surface area contributed by atoms with Gasteiger partial charge < -0.3 is 4.74 Å². The fraction of sp³-hybridized carbons (Fsp3) is 0.222. The number of Topliss-reactive ketones (excluding diaryl/α,β-unsaturated/α-hetero) is 1. The van der Waals surface area contributed by atoms with Crippen molar-refractivity contribution in [3.05, 3.63) is 33.6 Å². The smallest absolute Gasteiger partial charge is 0.305 e. The summed E-state index contributed by atoms with van der Waals surface area (Å²) in [5.74, 6) is -1.46. The van der Waals surface area contributed by atoms with Crippen LogP contribution in [0.25, 0.3) is 0 Å². The van der Waals surface area contributed by atoms with Crippen LogP contribution >= 0.6 is 0 Å². The SMILES string of the molecule is COc1cc(F)c([N+](=O)[O-])cc1C(C)=O. The number of hydrogen-bond acceptors (Lipinski definition) is 4. The van der Waals surface area contributed by atoms with Crippen LogP contribution in [0, 0.1) is 15.9 Å². The van der Waals surface area contributed by atoms with Crippen molar-refractivity contribution in [2.75, 3.05) is 7.11 Å². The predicted molar refractivity (Wildman–Crippen MR) is 49.6 cm³/mol. The minimum atomic E-state index is -1.03. The maximum atomic E-state index is 13.1. The Hall–Kier alpha value is -1.98. The number of halogens is 1. The summed E-state index contributed by atoms with van der Waals surface area (Å²) in [6.45, 7) is 1.22. The molecule has 1 aromatic rings. The number of carbonyl (C=O) groups is 1. The fourth-order valence-electron chi connectivity index (χ4n) is 1.13. The first-order chi connectivity index (χ1) is 6.97. The van der Waals surface area contributed by atoms with Gasteiger partial charge in [-0.15, -0.1) is 0 Å². The molecule has 0 aliphatic carbocycles. The van der Waals surface area contributed by atoms with Crippen molar-refractivity contribution in [2.24, 2.45) is 0 Å². The van der Waals surface area contributed by atoms with Crippen LogP contribution in [0.3, 0.4) is 0 Å². The van der Waals surface area contributed by atoms with Crippen LogP contribution in [0.2, 0.25) is 0 Å². The molecule has 80 valence electrons. The Labute approximate surface area is 84.6 Å². The van der Waals surface area contributed by atoms with Gasteiger partial charge in [0.25, 0.3) is 0 Å². The van der Waals surface area contributed by atoms with Crippen molar-refractivity contribution in [3.8, 4) is 5.75 Å². The molecule has 6 heteroatoms. The van der Waals surface area contributed by atoms with E-state index >= 15 is 0 Å². The Bertz CT molecular complexity index is 430. The number of methoxy groups -OCH3 is 1. The van der Waals surface area contributed by atoms with E-state index in [1.54, 1.807) is 0 Å². The molecule has 5 nitrogen and oxygen atoms in total. The largest absolute Gasteiger partial charge is 0.496 e. The van der Waals surface area contributed by atoms with Gasteiger partial charge in [0.05, 0.1) is 17.6 Å². The molecule has 0 saturated carbocycles. The maximum Gasteiger partial charge on any atom is 0.305 e. The summed E-state index contributed by atoms with van der Waals surface area (Å²) in [7, 11) is 1.26. The van der Waals surface area contributed by atoms with Crippen LogP contribution < -0.4 is 4.74 Å². The second-order valence-electron chi connectivity index (χ2n) is 2.82. The average molecular weight is 213 g/mol. The minimum Gasteiger partial charge on any atom is -0.496 e. The molecule has 0 heterocycles. The molecule has 0 amide bonds. The summed E-state index contributed by atoms with van der Waals surface area (Å²) in [4.78, 5) is 20.6. The molecule has 0 fully saturated rings. The van der Waals surface area contributed by atoms with Gasteiger partial charge in [0.1, 0.15) is 5.75 Å². The van der Waals surface area contributed by atoms with Crippen molar-refractivity contribution in [3.63, 3.8) is 0 Å². The van der Waals surface area contributed by atoms with Gasteiger partial charge in [0, 0.05) is 12.1 Å². The van der Waals surface area contributed by atoms with Crippen molar-refractivity contribution >= 4 is 11.5 Å². The van der Waals surface area contributed by atoms with Crippen LogP contribution in [0.1, 0.15) is 17.3 Å². The van der Waals surface area contributed by atoms with Crippen LogP contribution in [-0.4, -0.2) is 17.8 Å². The van der Waals surface area contributed by atoms with E-state index < -0.39 is 22.2 Å². The molecule has 0 atom stereocenters. The zero-order valence-corrected chi connectivity index (χ0v) is 8.11. The second-order valence-corrected chi connectivity index (χ2v) is 2.82. The number of nitrogens with zero attached hydrogens (tertiary/aromatic N) is 1. The topological polar surface area (TPSA) is 69.4 Å². The molecule has 1 rings (SSSR count). The molecular formula is C9H8FNO4. The van der Waals surface area contributed by atoms with E-state index in [0.29, 0.717) is 0 Å². The number of ether oxygens (including phenoxy) is 1. The number of carbonyl (C=O) groups excluding carboxylic acids is 1. The molecular weight excluding hydrogens is 205 g/mol. The number of ketones is 1. The molecule has 0 bridgehead atoms. The van der Waals surface area contributed by atoms with Crippen LogP contribution in [-0.2, 0) is 0 Å². The average Bonchev–Trinajstić information content (AvgIpc) is 2.16. The Morgan fingerprint density at radius 1 is 1.53 bits per heavy atom. The molecule has 0 N–H and O–H groups in total. The molecule has 0 aromatic heterocycles. The van der Waals surface area contributed by atoms with Gasteiger partial charge in [-0.2, -0.15) is 4.39 Å². The van der Waals surface area contributed by atoms with E-state index in [0.717, 1.165) is 12.1 Å². The first-order valence-corrected chi connectivity index (χ1v) is 4.00. The summed E-state index contributed by atoms with van der Waals surface area (Å²) in [5.41, 5.74) is -0.744. The minimum absolute atomic E-state index is 0.00870. The molecule has 0 radical (unpaired) electrons. The monoisotopic (exact) mass is 213 g/mol. The highest BCUT2D eigenvalue weighted by atomic mass is 19.1. The highest BCUT2D eigenvalue weighted by Crippen LogP contribution is 2.27. The van der Waals surface area contributed by atoms with E-state index in [1.807, 2.05) is 0 Å². The van der Waals surface area contributed by atoms with Gasteiger partial charge in [-0.25, -0.2) is 0 Å². The lowest BCUT2D eigenvalue weighted by atomic mass is 10.1. The first-order valence-electron chi connectivity index (χ1n) is 4.00. The zero-order valence-electron chi connectivity index (χ0n) is 8.11. The van der Waals surface area contributed by atoms with Gasteiger partial charge in [-0.1, -0.05) is 0 Å². The third-order valence-electron chi connectivity index (χ3n) is 1.84. The summed E-state index contributed by atoms with van der Waals surface area (Å²) in [5, 5.41) is 10.4. The first kappa shape index (κ1) is 11.1. The Morgan fingerprint density at radius 2 is 2.13 bits per heavy atom. The highest BCUT2D eigenvalue weighted by molar-refractivity contribution is 5.97. The molecule has 0 spiro atoms. The van der Waals surface area contributed by atoms with Crippen LogP contribution in [0.4, 0.5) is 10.1 Å². The van der Waals surface area contributed by atoms with E-state index in [-0.39, 0.29) is 11.3 Å². The predicted octanol–water partition coefficient (Wildman–Crippen LogP) is 1.95. The number of nitro groups is 1. The number of hydrogen-bond donors (Lipinski definition) is 0. The molecule has 0 aliphatic heterocycles. The number of rotatable bonds is 3. The van der Waals surface area contributed by atoms with Crippen molar-refractivity contribution in [2.45, 2.75) is 6.92 Å². The summed E-state index contributed by atoms with van der Waals surface area (Å²) < 4.78 is 17.8. The highest BCUT2D eigenvalue weighted by Gasteiger charge is 2.20. The van der Waals surface area contributed by atoms with Crippen molar-refractivity contribution < 1.29 is 18.8 Å². The van der Waals surface area contributed by atoms with Crippen molar-refractivity contribution in [1.29, 1.82) is 0 Å². The van der Waals surface area contributed by atoms with Gasteiger partial charge >= 0.3 is 5.69 Å². The van der Waals surface area contributed by atoms with E-state index in [9.17, 15) is 19.3 Å². The summed E-state index contributed by atoms with van der Waals surface area (Å²) in [6, 6.07) is 1.70. The van der Waals surface area contributed by atoms with Crippen molar-refractivity contribution in [1.82, 2.24) is 0 Å². The van der Waals surface area contributed by atoms with Gasteiger partial charge in [0.15, 0.2) is 5.78 Å². The lowest BCUT2D eigenvalue weighted by Crippen LogP contribution is -2.01. The Kier molecular flexibility index (Phi) is 2.99. The quantitative estimate of drug-likeness (QED) is 0.437. The zero-order chi connectivity index (χ0) is 11.6. The fourth-order valence-corrected chi connectivity index (χ4v) is 1.13. The molecule has 0 saturated heterocycles. The van der Waals surface area contributed by atoms with Gasteiger partial charge in [0.2, 0.25) is 5.82 Å². The van der Waals surface area contributed by atoms with Crippen LogP contribution in [0.5, 0.6) is 5.75 Å². The molecule has 0 aliphatic rings. The number of benzene rings is 1. The third-order valence-corrected chi connectivity index (χ3v) is 1.84. The van der Waals surface area contributed by atoms with Gasteiger partial charge in [-0.3, -0.25) is 14.9 Å². The second kappa shape index (κ2) is 4.04.